The van der Waals surface area contributed by atoms with Crippen LogP contribution in [0.25, 0.3) is 22.6 Å². The van der Waals surface area contributed by atoms with E-state index in [1.54, 1.807) is 30.5 Å². The zero-order chi connectivity index (χ0) is 22.2. The first-order chi connectivity index (χ1) is 15.5. The highest BCUT2D eigenvalue weighted by molar-refractivity contribution is 5.90. The van der Waals surface area contributed by atoms with Crippen molar-refractivity contribution in [2.24, 2.45) is 5.92 Å². The maximum Gasteiger partial charge on any atom is 0.414 e. The molecule has 1 saturated carbocycles. The van der Waals surface area contributed by atoms with Crippen molar-refractivity contribution in [1.29, 1.82) is 0 Å². The number of hydrogen-bond acceptors (Lipinski definition) is 7. The lowest BCUT2D eigenvalue weighted by atomic mass is 10.1. The number of aliphatic hydroxyl groups is 1. The predicted molar refractivity (Wildman–Crippen MR) is 113 cm³/mol. The molecular weight excluding hydrogens is 415 g/mol. The molecule has 32 heavy (non-hydrogen) atoms. The third-order valence-corrected chi connectivity index (χ3v) is 5.77. The minimum atomic E-state index is -0.671. The van der Waals surface area contributed by atoms with Crippen LogP contribution in [0, 0.1) is 11.7 Å². The maximum absolute atomic E-state index is 14.9. The minimum Gasteiger partial charge on any atom is -0.441 e. The van der Waals surface area contributed by atoms with Crippen molar-refractivity contribution in [2.75, 3.05) is 11.4 Å². The largest absolute Gasteiger partial charge is 0.441 e. The fraction of sp³-hybridized carbons (Fsp3) is 0.409. The molecule has 2 atom stereocenters. The number of aryl methyl sites for hydroxylation is 1. The molecule has 1 aromatic carbocycles. The van der Waals surface area contributed by atoms with Crippen LogP contribution in [-0.2, 0) is 11.3 Å². The molecule has 0 spiro atoms. The van der Waals surface area contributed by atoms with Crippen molar-refractivity contribution >= 4 is 11.8 Å². The Morgan fingerprint density at radius 1 is 1.28 bits per heavy atom. The molecule has 3 heterocycles. The standard InChI is InChI=1S/C22H23FN6O3/c1-2-9-29-26-21(25-27-29)18-8-5-14(11-24-18)16-7-6-15(10-17(16)23)28-12-19(32-22(28)31)20(30)13-3-4-13/h5-8,10-11,13,19-20,30H,2-4,9,12H2,1H3/t19-,20?/m1/s1. The molecule has 0 bridgehead atoms. The molecule has 1 aliphatic carbocycles. The minimum absolute atomic E-state index is 0.189. The Labute approximate surface area is 183 Å². The summed E-state index contributed by atoms with van der Waals surface area (Å²) >= 11 is 0. The van der Waals surface area contributed by atoms with E-state index in [0.29, 0.717) is 34.9 Å². The molecule has 166 valence electrons. The second-order valence-electron chi connectivity index (χ2n) is 8.17. The van der Waals surface area contributed by atoms with Crippen molar-refractivity contribution in [3.63, 3.8) is 0 Å². The Kier molecular flexibility index (Phi) is 5.30. The number of benzene rings is 1. The highest BCUT2D eigenvalue weighted by Gasteiger charge is 2.43. The fourth-order valence-electron chi connectivity index (χ4n) is 3.85. The number of cyclic esters (lactones) is 1. The van der Waals surface area contributed by atoms with Gasteiger partial charge in [-0.15, -0.1) is 10.2 Å². The van der Waals surface area contributed by atoms with Crippen molar-refractivity contribution in [3.05, 3.63) is 42.3 Å². The van der Waals surface area contributed by atoms with E-state index in [1.165, 1.54) is 15.8 Å². The average molecular weight is 438 g/mol. The monoisotopic (exact) mass is 438 g/mol. The summed E-state index contributed by atoms with van der Waals surface area (Å²) in [5.41, 5.74) is 1.89. The smallest absolute Gasteiger partial charge is 0.414 e. The van der Waals surface area contributed by atoms with Crippen LogP contribution in [0.2, 0.25) is 0 Å². The Bertz CT molecular complexity index is 1130. The van der Waals surface area contributed by atoms with Gasteiger partial charge in [-0.05, 0) is 54.7 Å². The lowest BCUT2D eigenvalue weighted by molar-refractivity contribution is 0.0200. The molecule has 3 aromatic rings. The first-order valence-corrected chi connectivity index (χ1v) is 10.7. The average Bonchev–Trinajstić information content (AvgIpc) is 3.42. The number of aliphatic hydroxyl groups excluding tert-OH is 1. The number of carbonyl (C=O) groups is 1. The van der Waals surface area contributed by atoms with Crippen molar-refractivity contribution in [2.45, 2.75) is 44.9 Å². The SMILES string of the molecule is CCCn1nnc(-c2ccc(-c3ccc(N4C[C@H](C(O)C5CC5)OC4=O)cc3F)cn2)n1. The summed E-state index contributed by atoms with van der Waals surface area (Å²) in [6, 6.07) is 8.03. The van der Waals surface area contributed by atoms with Crippen LogP contribution in [0.15, 0.2) is 36.5 Å². The number of hydrogen-bond donors (Lipinski definition) is 1. The lowest BCUT2D eigenvalue weighted by Crippen LogP contribution is -2.32. The van der Waals surface area contributed by atoms with Crippen molar-refractivity contribution in [3.8, 4) is 22.6 Å². The Morgan fingerprint density at radius 3 is 2.81 bits per heavy atom. The van der Waals surface area contributed by atoms with Crippen molar-refractivity contribution < 1.29 is 19.0 Å². The van der Waals surface area contributed by atoms with E-state index in [2.05, 4.69) is 20.4 Å². The number of nitrogens with zero attached hydrogens (tertiary/aromatic N) is 6. The highest BCUT2D eigenvalue weighted by Crippen LogP contribution is 2.37. The van der Waals surface area contributed by atoms with Crippen LogP contribution in [0.1, 0.15) is 26.2 Å². The van der Waals surface area contributed by atoms with Crippen LogP contribution in [0.5, 0.6) is 0 Å². The van der Waals surface area contributed by atoms with Gasteiger partial charge in [0.15, 0.2) is 0 Å². The van der Waals surface area contributed by atoms with E-state index in [1.807, 2.05) is 6.92 Å². The van der Waals surface area contributed by atoms with Crippen molar-refractivity contribution in [1.82, 2.24) is 25.2 Å². The van der Waals surface area contributed by atoms with Crippen LogP contribution in [0.3, 0.4) is 0 Å². The van der Waals surface area contributed by atoms with Crippen LogP contribution >= 0.6 is 0 Å². The van der Waals surface area contributed by atoms with Gasteiger partial charge in [0.05, 0.1) is 24.9 Å². The molecule has 2 aliphatic rings. The number of amides is 1. The van der Waals surface area contributed by atoms with Gasteiger partial charge in [0, 0.05) is 17.3 Å². The molecule has 1 unspecified atom stereocenters. The summed E-state index contributed by atoms with van der Waals surface area (Å²) in [6.45, 7) is 2.91. The predicted octanol–water partition coefficient (Wildman–Crippen LogP) is 3.05. The molecule has 5 rings (SSSR count). The van der Waals surface area contributed by atoms with E-state index < -0.39 is 24.1 Å². The summed E-state index contributed by atoms with van der Waals surface area (Å²) in [4.78, 5) is 19.5. The number of ether oxygens (including phenoxy) is 1. The number of anilines is 1. The summed E-state index contributed by atoms with van der Waals surface area (Å²) < 4.78 is 20.2. The van der Waals surface area contributed by atoms with E-state index in [-0.39, 0.29) is 12.5 Å². The molecule has 2 fully saturated rings. The Balaban J connectivity index is 1.32. The number of carbonyl (C=O) groups excluding carboxylic acids is 1. The molecule has 10 heteroatoms. The number of pyridine rings is 1. The number of tetrazole rings is 1. The molecule has 9 nitrogen and oxygen atoms in total. The van der Waals surface area contributed by atoms with Gasteiger partial charge < -0.3 is 9.84 Å². The van der Waals surface area contributed by atoms with E-state index in [4.69, 9.17) is 4.74 Å². The van der Waals surface area contributed by atoms with Gasteiger partial charge in [0.25, 0.3) is 0 Å². The van der Waals surface area contributed by atoms with Gasteiger partial charge in [-0.25, -0.2) is 9.18 Å². The Hall–Kier alpha value is -3.40. The summed E-state index contributed by atoms with van der Waals surface area (Å²) in [5, 5.41) is 22.5. The molecule has 1 saturated heterocycles. The topological polar surface area (TPSA) is 106 Å². The number of aromatic nitrogens is 5. The fourth-order valence-corrected chi connectivity index (χ4v) is 3.85. The normalized spacial score (nSPS) is 19.3. The van der Waals surface area contributed by atoms with Crippen LogP contribution < -0.4 is 4.90 Å². The zero-order valence-electron chi connectivity index (χ0n) is 17.6. The van der Waals surface area contributed by atoms with Gasteiger partial charge in [0.2, 0.25) is 5.82 Å². The quantitative estimate of drug-likeness (QED) is 0.604. The zero-order valence-corrected chi connectivity index (χ0v) is 17.6. The van der Waals surface area contributed by atoms with Gasteiger partial charge in [0.1, 0.15) is 17.6 Å². The van der Waals surface area contributed by atoms with E-state index in [9.17, 15) is 14.3 Å². The van der Waals surface area contributed by atoms with Crippen LogP contribution in [-0.4, -0.2) is 55.1 Å². The van der Waals surface area contributed by atoms with Gasteiger partial charge in [-0.3, -0.25) is 9.88 Å². The van der Waals surface area contributed by atoms with E-state index in [0.717, 1.165) is 19.3 Å². The molecule has 2 aromatic heterocycles. The third kappa shape index (κ3) is 3.93. The number of rotatable bonds is 7. The summed E-state index contributed by atoms with van der Waals surface area (Å²) in [5.74, 6) is 0.119. The molecule has 1 N–H and O–H groups in total. The third-order valence-electron chi connectivity index (χ3n) is 5.77. The summed E-state index contributed by atoms with van der Waals surface area (Å²) in [6.07, 6.45) is 2.51. The Morgan fingerprint density at radius 2 is 2.12 bits per heavy atom. The maximum atomic E-state index is 14.9. The second-order valence-corrected chi connectivity index (χ2v) is 8.17. The first-order valence-electron chi connectivity index (χ1n) is 10.7. The van der Waals surface area contributed by atoms with Gasteiger partial charge in [-0.1, -0.05) is 13.0 Å². The second kappa shape index (κ2) is 8.27. The molecule has 1 amide bonds. The van der Waals surface area contributed by atoms with Gasteiger partial charge >= 0.3 is 6.09 Å². The van der Waals surface area contributed by atoms with Gasteiger partial charge in [-0.2, -0.15) is 4.80 Å². The number of halogens is 1. The molecule has 1 aliphatic heterocycles. The first kappa shape index (κ1) is 20.5. The molecular formula is C22H23FN6O3. The van der Waals surface area contributed by atoms with E-state index >= 15 is 0 Å². The van der Waals surface area contributed by atoms with Crippen LogP contribution in [0.4, 0.5) is 14.9 Å². The summed E-state index contributed by atoms with van der Waals surface area (Å²) in [7, 11) is 0. The lowest BCUT2D eigenvalue weighted by Gasteiger charge is -2.16. The highest BCUT2D eigenvalue weighted by atomic mass is 19.1. The molecule has 0 radical (unpaired) electrons.